The van der Waals surface area contributed by atoms with Crippen LogP contribution in [0.5, 0.6) is 5.75 Å². The van der Waals surface area contributed by atoms with Crippen molar-refractivity contribution in [1.29, 1.82) is 0 Å². The van der Waals surface area contributed by atoms with E-state index in [0.717, 1.165) is 11.1 Å². The molecule has 0 saturated heterocycles. The van der Waals surface area contributed by atoms with Gasteiger partial charge in [-0.3, -0.25) is 4.79 Å². The Balaban J connectivity index is 2.50. The number of carbonyl (C=O) groups excluding carboxylic acids is 2. The fraction of sp³-hybridized carbons (Fsp3) is 0.467. The van der Waals surface area contributed by atoms with Crippen LogP contribution in [0.1, 0.15) is 17.5 Å². The summed E-state index contributed by atoms with van der Waals surface area (Å²) in [5.41, 5.74) is 2.08. The van der Waals surface area contributed by atoms with Gasteiger partial charge in [0, 0.05) is 0 Å². The number of ether oxygens (including phenoxy) is 1. The number of benzene rings is 1. The summed E-state index contributed by atoms with van der Waals surface area (Å²) < 4.78 is 5.38. The van der Waals surface area contributed by atoms with Crippen LogP contribution in [0, 0.1) is 13.8 Å². The summed E-state index contributed by atoms with van der Waals surface area (Å²) >= 11 is 1.51. The number of nitrogens with one attached hydrogen (secondary N) is 1. The molecular weight excluding hydrogens is 290 g/mol. The van der Waals surface area contributed by atoms with Crippen LogP contribution in [0.2, 0.25) is 0 Å². The summed E-state index contributed by atoms with van der Waals surface area (Å²) in [5.74, 6) is -0.512. The van der Waals surface area contributed by atoms with Gasteiger partial charge in [0.15, 0.2) is 6.61 Å². The van der Waals surface area contributed by atoms with Gasteiger partial charge in [0.1, 0.15) is 5.75 Å². The average Bonchev–Trinajstić information content (AvgIpc) is 2.39. The number of hydrogen-bond donors (Lipinski definition) is 1. The molecule has 1 amide bonds. The van der Waals surface area contributed by atoms with Crippen LogP contribution in [0.25, 0.3) is 0 Å². The lowest BCUT2D eigenvalue weighted by Crippen LogP contribution is -2.49. The molecule has 0 aliphatic carbocycles. The van der Waals surface area contributed by atoms with Gasteiger partial charge in [-0.05, 0) is 55.5 Å². The maximum atomic E-state index is 11.7. The van der Waals surface area contributed by atoms with Gasteiger partial charge in [-0.1, -0.05) is 6.07 Å². The maximum absolute atomic E-state index is 11.7. The highest BCUT2D eigenvalue weighted by Gasteiger charge is 2.13. The molecule has 5 nitrogen and oxygen atoms in total. The van der Waals surface area contributed by atoms with E-state index in [1.807, 2.05) is 38.3 Å². The topological polar surface area (TPSA) is 78.5 Å². The van der Waals surface area contributed by atoms with E-state index in [4.69, 9.17) is 4.74 Å². The van der Waals surface area contributed by atoms with Crippen molar-refractivity contribution in [3.05, 3.63) is 29.3 Å². The van der Waals surface area contributed by atoms with Crippen molar-refractivity contribution in [3.63, 3.8) is 0 Å². The molecule has 0 aromatic heterocycles. The largest absolute Gasteiger partial charge is 0.548 e. The number of rotatable bonds is 8. The minimum absolute atomic E-state index is 0.216. The first-order chi connectivity index (χ1) is 9.92. The molecule has 21 heavy (non-hydrogen) atoms. The van der Waals surface area contributed by atoms with E-state index in [-0.39, 0.29) is 6.61 Å². The minimum atomic E-state index is -1.27. The van der Waals surface area contributed by atoms with E-state index < -0.39 is 17.9 Å². The molecule has 0 aliphatic rings. The highest BCUT2D eigenvalue weighted by molar-refractivity contribution is 7.98. The lowest BCUT2D eigenvalue weighted by Gasteiger charge is -2.19. The van der Waals surface area contributed by atoms with Crippen molar-refractivity contribution < 1.29 is 19.4 Å². The quantitative estimate of drug-likeness (QED) is 0.763. The third-order valence-electron chi connectivity index (χ3n) is 2.80. The van der Waals surface area contributed by atoms with E-state index >= 15 is 0 Å². The maximum Gasteiger partial charge on any atom is 0.258 e. The lowest BCUT2D eigenvalue weighted by atomic mass is 10.1. The molecule has 0 spiro atoms. The number of thioether (sulfide) groups is 1. The third-order valence-corrected chi connectivity index (χ3v) is 3.44. The van der Waals surface area contributed by atoms with E-state index in [1.54, 1.807) is 0 Å². The molecular formula is C15H20NO4S-. The van der Waals surface area contributed by atoms with Gasteiger partial charge in [0.2, 0.25) is 0 Å². The van der Waals surface area contributed by atoms with Crippen molar-refractivity contribution in [2.45, 2.75) is 26.3 Å². The first-order valence-electron chi connectivity index (χ1n) is 6.62. The Hall–Kier alpha value is -1.69. The van der Waals surface area contributed by atoms with Gasteiger partial charge in [0.25, 0.3) is 5.91 Å². The van der Waals surface area contributed by atoms with Gasteiger partial charge >= 0.3 is 0 Å². The van der Waals surface area contributed by atoms with Crippen LogP contribution in [0.3, 0.4) is 0 Å². The Morgan fingerprint density at radius 1 is 1.29 bits per heavy atom. The zero-order valence-electron chi connectivity index (χ0n) is 12.5. The van der Waals surface area contributed by atoms with Crippen molar-refractivity contribution in [1.82, 2.24) is 5.32 Å². The molecule has 1 aromatic rings. The monoisotopic (exact) mass is 310 g/mol. The number of carbonyl (C=O) groups is 2. The van der Waals surface area contributed by atoms with Crippen molar-refractivity contribution in [3.8, 4) is 5.75 Å². The number of carboxylic acids is 1. The second-order valence-electron chi connectivity index (χ2n) is 4.83. The highest BCUT2D eigenvalue weighted by atomic mass is 32.2. The van der Waals surface area contributed by atoms with Crippen LogP contribution < -0.4 is 15.2 Å². The molecule has 6 heteroatoms. The molecule has 1 atom stereocenters. The van der Waals surface area contributed by atoms with Gasteiger partial charge in [0.05, 0.1) is 12.0 Å². The Bertz CT molecular complexity index is 484. The molecule has 0 fully saturated rings. The van der Waals surface area contributed by atoms with E-state index in [2.05, 4.69) is 5.32 Å². The molecule has 1 aromatic carbocycles. The molecule has 1 rings (SSSR count). The van der Waals surface area contributed by atoms with Crippen LogP contribution in [-0.4, -0.2) is 36.5 Å². The minimum Gasteiger partial charge on any atom is -0.548 e. The summed E-state index contributed by atoms with van der Waals surface area (Å²) in [5, 5.41) is 13.3. The molecule has 0 unspecified atom stereocenters. The summed E-state index contributed by atoms with van der Waals surface area (Å²) in [6, 6.07) is 4.67. The standard InChI is InChI=1S/C15H21NO4S/c1-10-6-11(2)8-12(7-10)20-9-14(17)16-13(15(18)19)4-5-21-3/h6-8,13H,4-5,9H2,1-3H3,(H,16,17)(H,18,19)/p-1/t13-/m0/s1. The highest BCUT2D eigenvalue weighted by Crippen LogP contribution is 2.15. The number of carboxylic acid groups (broad SMARTS) is 1. The predicted molar refractivity (Wildman–Crippen MR) is 81.3 cm³/mol. The SMILES string of the molecule is CSCC[C@H](NC(=O)COc1cc(C)cc(C)c1)C(=O)[O-]. The Morgan fingerprint density at radius 2 is 1.90 bits per heavy atom. The number of hydrogen-bond acceptors (Lipinski definition) is 5. The predicted octanol–water partition coefficient (Wildman–Crippen LogP) is 0.670. The molecule has 0 radical (unpaired) electrons. The normalized spacial score (nSPS) is 11.8. The second kappa shape index (κ2) is 8.56. The smallest absolute Gasteiger partial charge is 0.258 e. The zero-order valence-corrected chi connectivity index (χ0v) is 13.3. The van der Waals surface area contributed by atoms with Gasteiger partial charge in [-0.15, -0.1) is 0 Å². The number of aryl methyl sites for hydroxylation is 2. The van der Waals surface area contributed by atoms with Crippen LogP contribution in [-0.2, 0) is 9.59 Å². The van der Waals surface area contributed by atoms with Crippen molar-refractivity contribution in [2.24, 2.45) is 0 Å². The van der Waals surface area contributed by atoms with Crippen molar-refractivity contribution >= 4 is 23.6 Å². The molecule has 0 bridgehead atoms. The van der Waals surface area contributed by atoms with Gasteiger partial charge in [-0.25, -0.2) is 0 Å². The fourth-order valence-electron chi connectivity index (χ4n) is 1.89. The molecule has 1 N–H and O–H groups in total. The molecule has 0 saturated carbocycles. The first-order valence-corrected chi connectivity index (χ1v) is 8.02. The third kappa shape index (κ3) is 6.53. The summed E-state index contributed by atoms with van der Waals surface area (Å²) in [4.78, 5) is 22.7. The van der Waals surface area contributed by atoms with Gasteiger partial charge in [-0.2, -0.15) is 11.8 Å². The van der Waals surface area contributed by atoms with E-state index in [9.17, 15) is 14.7 Å². The molecule has 0 heterocycles. The fourth-order valence-corrected chi connectivity index (χ4v) is 2.36. The van der Waals surface area contributed by atoms with Gasteiger partial charge < -0.3 is 20.0 Å². The molecule has 116 valence electrons. The zero-order chi connectivity index (χ0) is 15.8. The first kappa shape index (κ1) is 17.4. The number of aliphatic carboxylic acids is 1. The number of amides is 1. The summed E-state index contributed by atoms with van der Waals surface area (Å²) in [6.07, 6.45) is 2.20. The Morgan fingerprint density at radius 3 is 2.43 bits per heavy atom. The Kier molecular flexibility index (Phi) is 7.08. The van der Waals surface area contributed by atoms with Crippen LogP contribution >= 0.6 is 11.8 Å². The summed E-state index contributed by atoms with van der Waals surface area (Å²) in [7, 11) is 0. The van der Waals surface area contributed by atoms with Crippen LogP contribution in [0.15, 0.2) is 18.2 Å². The van der Waals surface area contributed by atoms with Crippen molar-refractivity contribution in [2.75, 3.05) is 18.6 Å². The Labute approximate surface area is 129 Å². The summed E-state index contributed by atoms with van der Waals surface area (Å²) in [6.45, 7) is 3.66. The average molecular weight is 310 g/mol. The second-order valence-corrected chi connectivity index (χ2v) is 5.82. The van der Waals surface area contributed by atoms with E-state index in [0.29, 0.717) is 17.9 Å². The lowest BCUT2D eigenvalue weighted by molar-refractivity contribution is -0.308. The van der Waals surface area contributed by atoms with Crippen LogP contribution in [0.4, 0.5) is 0 Å². The molecule has 0 aliphatic heterocycles. The van der Waals surface area contributed by atoms with E-state index in [1.165, 1.54) is 11.8 Å².